The molecule has 0 heterocycles. The van der Waals surface area contributed by atoms with E-state index < -0.39 is 10.0 Å². The number of sulfonamides is 1. The van der Waals surface area contributed by atoms with Crippen LogP contribution < -0.4 is 9.46 Å². The first-order valence-corrected chi connectivity index (χ1v) is 13.2. The Bertz CT molecular complexity index is 999. The lowest BCUT2D eigenvalue weighted by molar-refractivity contribution is -0.131. The molecule has 2 aromatic carbocycles. The van der Waals surface area contributed by atoms with Crippen molar-refractivity contribution in [3.05, 3.63) is 59.2 Å². The summed E-state index contributed by atoms with van der Waals surface area (Å²) in [5.74, 6) is 0.392. The van der Waals surface area contributed by atoms with E-state index in [1.54, 1.807) is 18.2 Å². The Balaban J connectivity index is 1.47. The molecule has 1 aliphatic carbocycles. The number of fused-ring (bicyclic) bond motifs is 1. The second-order valence-corrected chi connectivity index (χ2v) is 10.6. The van der Waals surface area contributed by atoms with E-state index in [1.165, 1.54) is 50.2 Å². The van der Waals surface area contributed by atoms with Crippen LogP contribution in [-0.2, 0) is 34.1 Å². The number of esters is 1. The lowest BCUT2D eigenvalue weighted by atomic mass is 10.1. The predicted molar refractivity (Wildman–Crippen MR) is 127 cm³/mol. The molecule has 0 saturated carbocycles. The van der Waals surface area contributed by atoms with Gasteiger partial charge in [0.1, 0.15) is 5.75 Å². The van der Waals surface area contributed by atoms with Gasteiger partial charge in [0.15, 0.2) is 0 Å². The zero-order valence-corrected chi connectivity index (χ0v) is 20.0. The van der Waals surface area contributed by atoms with Gasteiger partial charge < -0.3 is 4.74 Å². The van der Waals surface area contributed by atoms with Crippen LogP contribution in [0.4, 0.5) is 0 Å². The molecular formula is C26H35NO4S. The van der Waals surface area contributed by atoms with Crippen LogP contribution >= 0.6 is 0 Å². The zero-order chi connectivity index (χ0) is 23.0. The number of aryl methyl sites for hydroxylation is 1. The number of carbonyl (C=O) groups excluding carboxylic acids is 1. The summed E-state index contributed by atoms with van der Waals surface area (Å²) in [5, 5.41) is 0. The molecule has 6 heteroatoms. The second kappa shape index (κ2) is 11.6. The van der Waals surface area contributed by atoms with Crippen molar-refractivity contribution >= 4 is 16.0 Å². The summed E-state index contributed by atoms with van der Waals surface area (Å²) in [5.41, 5.74) is 3.49. The number of carbonyl (C=O) groups is 1. The van der Waals surface area contributed by atoms with Gasteiger partial charge in [0, 0.05) is 13.5 Å². The number of rotatable bonds is 12. The molecule has 1 unspecified atom stereocenters. The molecule has 1 aliphatic rings. The average molecular weight is 458 g/mol. The van der Waals surface area contributed by atoms with Crippen LogP contribution in [0.5, 0.6) is 5.75 Å². The summed E-state index contributed by atoms with van der Waals surface area (Å²) in [6, 6.07) is 12.9. The Labute approximate surface area is 192 Å². The molecule has 0 aromatic heterocycles. The summed E-state index contributed by atoms with van der Waals surface area (Å²) < 4.78 is 33.4. The molecule has 32 heavy (non-hydrogen) atoms. The van der Waals surface area contributed by atoms with Crippen LogP contribution in [0.1, 0.15) is 69.1 Å². The maximum Gasteiger partial charge on any atom is 0.308 e. The topological polar surface area (TPSA) is 72.5 Å². The average Bonchev–Trinajstić information content (AvgIpc) is 3.17. The Kier molecular flexibility index (Phi) is 8.88. The van der Waals surface area contributed by atoms with Gasteiger partial charge in [0.05, 0.1) is 4.90 Å². The Morgan fingerprint density at radius 3 is 2.38 bits per heavy atom. The summed E-state index contributed by atoms with van der Waals surface area (Å²) in [4.78, 5) is 11.5. The van der Waals surface area contributed by atoms with Gasteiger partial charge in [-0.1, -0.05) is 57.2 Å². The lowest BCUT2D eigenvalue weighted by Crippen LogP contribution is -2.29. The van der Waals surface area contributed by atoms with Crippen molar-refractivity contribution in [2.45, 2.75) is 76.5 Å². The van der Waals surface area contributed by atoms with E-state index in [9.17, 15) is 13.2 Å². The molecule has 0 fully saturated rings. The fourth-order valence-corrected chi connectivity index (χ4v) is 5.43. The number of benzene rings is 2. The molecule has 0 radical (unpaired) electrons. The van der Waals surface area contributed by atoms with Crippen molar-refractivity contribution in [3.8, 4) is 5.75 Å². The third-order valence-electron chi connectivity index (χ3n) is 6.07. The van der Waals surface area contributed by atoms with Gasteiger partial charge in [-0.15, -0.1) is 0 Å². The highest BCUT2D eigenvalue weighted by atomic mass is 32.2. The van der Waals surface area contributed by atoms with Crippen LogP contribution in [-0.4, -0.2) is 20.9 Å². The van der Waals surface area contributed by atoms with E-state index >= 15 is 0 Å². The van der Waals surface area contributed by atoms with Crippen molar-refractivity contribution in [2.24, 2.45) is 5.92 Å². The van der Waals surface area contributed by atoms with Gasteiger partial charge >= 0.3 is 5.97 Å². The van der Waals surface area contributed by atoms with Crippen LogP contribution in [0, 0.1) is 5.92 Å². The maximum absolute atomic E-state index is 12.7. The third kappa shape index (κ3) is 7.17. The summed E-state index contributed by atoms with van der Waals surface area (Å²) >= 11 is 0. The van der Waals surface area contributed by atoms with Crippen LogP contribution in [0.2, 0.25) is 0 Å². The number of ether oxygens (including phenoxy) is 1. The van der Waals surface area contributed by atoms with Crippen LogP contribution in [0.15, 0.2) is 47.4 Å². The summed E-state index contributed by atoms with van der Waals surface area (Å²) in [6.45, 7) is 3.99. The highest BCUT2D eigenvalue weighted by Gasteiger charge is 2.24. The minimum atomic E-state index is -3.53. The van der Waals surface area contributed by atoms with E-state index in [1.807, 2.05) is 24.3 Å². The normalized spacial score (nSPS) is 15.5. The number of nitrogens with one attached hydrogen (secondary N) is 1. The molecule has 0 spiro atoms. The van der Waals surface area contributed by atoms with Crippen molar-refractivity contribution in [1.82, 2.24) is 4.72 Å². The SMILES string of the molecule is CCCCCCCCc1ccc(S(=O)(=O)NCC2Cc3ccc(OC(C)=O)cc3C2)cc1. The fourth-order valence-electron chi connectivity index (χ4n) is 4.32. The van der Waals surface area contributed by atoms with Crippen molar-refractivity contribution < 1.29 is 17.9 Å². The van der Waals surface area contributed by atoms with Gasteiger partial charge in [0.2, 0.25) is 10.0 Å². The summed E-state index contributed by atoms with van der Waals surface area (Å²) in [7, 11) is -3.53. The van der Waals surface area contributed by atoms with E-state index in [-0.39, 0.29) is 11.9 Å². The first kappa shape index (κ1) is 24.5. The van der Waals surface area contributed by atoms with E-state index in [2.05, 4.69) is 11.6 Å². The van der Waals surface area contributed by atoms with Gasteiger partial charge in [-0.2, -0.15) is 0 Å². The Morgan fingerprint density at radius 2 is 1.66 bits per heavy atom. The van der Waals surface area contributed by atoms with E-state index in [4.69, 9.17) is 4.74 Å². The first-order valence-electron chi connectivity index (χ1n) is 11.8. The van der Waals surface area contributed by atoms with E-state index in [0.717, 1.165) is 31.2 Å². The van der Waals surface area contributed by atoms with Gasteiger partial charge in [-0.25, -0.2) is 13.1 Å². The summed E-state index contributed by atoms with van der Waals surface area (Å²) in [6.07, 6.45) is 10.1. The minimum Gasteiger partial charge on any atom is -0.427 e. The molecule has 1 atom stereocenters. The highest BCUT2D eigenvalue weighted by molar-refractivity contribution is 7.89. The number of hydrogen-bond donors (Lipinski definition) is 1. The molecule has 0 saturated heterocycles. The molecular weight excluding hydrogens is 422 g/mol. The second-order valence-electron chi connectivity index (χ2n) is 8.81. The third-order valence-corrected chi connectivity index (χ3v) is 7.51. The standard InChI is InChI=1S/C26H35NO4S/c1-3-4-5-6-7-8-9-21-10-14-26(15-11-21)32(29,30)27-19-22-16-23-12-13-25(31-20(2)28)18-24(23)17-22/h10-15,18,22,27H,3-9,16-17,19H2,1-2H3. The van der Waals surface area contributed by atoms with Crippen molar-refractivity contribution in [3.63, 3.8) is 0 Å². The Hall–Kier alpha value is -2.18. The van der Waals surface area contributed by atoms with Crippen LogP contribution in [0.3, 0.4) is 0 Å². The molecule has 1 N–H and O–H groups in total. The molecule has 174 valence electrons. The van der Waals surface area contributed by atoms with Gasteiger partial charge in [-0.3, -0.25) is 4.79 Å². The van der Waals surface area contributed by atoms with Crippen molar-refractivity contribution in [1.29, 1.82) is 0 Å². The number of hydrogen-bond acceptors (Lipinski definition) is 4. The van der Waals surface area contributed by atoms with Gasteiger partial charge in [-0.05, 0) is 72.6 Å². The van der Waals surface area contributed by atoms with E-state index in [0.29, 0.717) is 17.2 Å². The highest BCUT2D eigenvalue weighted by Crippen LogP contribution is 2.30. The molecule has 2 aromatic rings. The smallest absolute Gasteiger partial charge is 0.308 e. The fraction of sp³-hybridized carbons (Fsp3) is 0.500. The lowest BCUT2D eigenvalue weighted by Gasteiger charge is -2.12. The first-order chi connectivity index (χ1) is 15.4. The van der Waals surface area contributed by atoms with Crippen LogP contribution in [0.25, 0.3) is 0 Å². The Morgan fingerprint density at radius 1 is 0.969 bits per heavy atom. The van der Waals surface area contributed by atoms with Crippen molar-refractivity contribution in [2.75, 3.05) is 6.54 Å². The molecule has 3 rings (SSSR count). The quantitative estimate of drug-likeness (QED) is 0.270. The maximum atomic E-state index is 12.7. The molecule has 0 bridgehead atoms. The minimum absolute atomic E-state index is 0.194. The number of unbranched alkanes of at least 4 members (excludes halogenated alkanes) is 5. The predicted octanol–water partition coefficient (Wildman–Crippen LogP) is 5.21. The van der Waals surface area contributed by atoms with Gasteiger partial charge in [0.25, 0.3) is 0 Å². The molecule has 5 nitrogen and oxygen atoms in total. The zero-order valence-electron chi connectivity index (χ0n) is 19.2. The monoisotopic (exact) mass is 457 g/mol. The molecule has 0 aliphatic heterocycles. The largest absolute Gasteiger partial charge is 0.427 e. The molecule has 0 amide bonds.